The number of alkyl carbamates (subject to hydrolysis) is 1. The van der Waals surface area contributed by atoms with E-state index >= 15 is 0 Å². The number of hydrogen-bond acceptors (Lipinski definition) is 5. The van der Waals surface area contributed by atoms with Crippen LogP contribution in [-0.2, 0) is 11.3 Å². The van der Waals surface area contributed by atoms with Crippen LogP contribution in [0.1, 0.15) is 47.2 Å². The molecule has 0 aliphatic heterocycles. The third-order valence-electron chi connectivity index (χ3n) is 4.48. The van der Waals surface area contributed by atoms with Gasteiger partial charge in [0.25, 0.3) is 11.8 Å². The highest BCUT2D eigenvalue weighted by Gasteiger charge is 2.16. The van der Waals surface area contributed by atoms with Gasteiger partial charge in [0.2, 0.25) is 0 Å². The second kappa shape index (κ2) is 11.1. The molecule has 3 aromatic rings. The molecule has 1 aromatic heterocycles. The van der Waals surface area contributed by atoms with Gasteiger partial charge in [-0.25, -0.2) is 9.18 Å². The van der Waals surface area contributed by atoms with Crippen molar-refractivity contribution >= 4 is 45.2 Å². The van der Waals surface area contributed by atoms with E-state index < -0.39 is 29.3 Å². The fraction of sp³-hybridized carbons (Fsp3) is 0.200. The second-order valence-corrected chi connectivity index (χ2v) is 9.38. The summed E-state index contributed by atoms with van der Waals surface area (Å²) in [6.07, 6.45) is 0.757. The van der Waals surface area contributed by atoms with Gasteiger partial charge in [-0.15, -0.1) is 0 Å². The molecular formula is C25H24BrFN4O4. The molecule has 1 heterocycles. The molecule has 10 heteroatoms. The number of nitrogens with one attached hydrogen (secondary N) is 3. The van der Waals surface area contributed by atoms with E-state index in [0.29, 0.717) is 15.8 Å². The predicted molar refractivity (Wildman–Crippen MR) is 134 cm³/mol. The van der Waals surface area contributed by atoms with Crippen LogP contribution < -0.4 is 16.0 Å². The van der Waals surface area contributed by atoms with Gasteiger partial charge in [0.05, 0.1) is 10.0 Å². The number of benzene rings is 2. The number of pyridine rings is 1. The first-order valence-electron chi connectivity index (χ1n) is 10.6. The first-order chi connectivity index (χ1) is 16.5. The van der Waals surface area contributed by atoms with Crippen LogP contribution in [0, 0.1) is 5.82 Å². The fourth-order valence-electron chi connectivity index (χ4n) is 2.83. The maximum absolute atomic E-state index is 13.6. The molecule has 0 saturated heterocycles. The van der Waals surface area contributed by atoms with Crippen LogP contribution in [-0.4, -0.2) is 28.5 Å². The van der Waals surface area contributed by atoms with Gasteiger partial charge in [0.15, 0.2) is 0 Å². The number of halogens is 2. The summed E-state index contributed by atoms with van der Waals surface area (Å²) in [7, 11) is 0. The van der Waals surface area contributed by atoms with E-state index in [9.17, 15) is 18.8 Å². The molecule has 182 valence electrons. The lowest BCUT2D eigenvalue weighted by Crippen LogP contribution is -2.32. The van der Waals surface area contributed by atoms with E-state index in [1.165, 1.54) is 30.5 Å². The monoisotopic (exact) mass is 542 g/mol. The van der Waals surface area contributed by atoms with E-state index in [4.69, 9.17) is 4.74 Å². The minimum absolute atomic E-state index is 0.118. The van der Waals surface area contributed by atoms with Crippen LogP contribution in [0.25, 0.3) is 0 Å². The zero-order chi connectivity index (χ0) is 25.6. The molecular weight excluding hydrogens is 519 g/mol. The average Bonchev–Trinajstić information content (AvgIpc) is 2.80. The largest absolute Gasteiger partial charge is 0.444 e. The molecule has 0 bridgehead atoms. The summed E-state index contributed by atoms with van der Waals surface area (Å²) in [5.74, 6) is -1.44. The number of anilines is 2. The normalized spacial score (nSPS) is 10.9. The number of amides is 3. The van der Waals surface area contributed by atoms with Gasteiger partial charge in [0, 0.05) is 24.1 Å². The Morgan fingerprint density at radius 3 is 2.20 bits per heavy atom. The molecule has 0 aliphatic carbocycles. The summed E-state index contributed by atoms with van der Waals surface area (Å²) in [4.78, 5) is 40.6. The Labute approximate surface area is 210 Å². The molecule has 0 aliphatic rings. The molecule has 35 heavy (non-hydrogen) atoms. The molecule has 0 fully saturated rings. The lowest BCUT2D eigenvalue weighted by atomic mass is 10.2. The van der Waals surface area contributed by atoms with Crippen molar-refractivity contribution in [1.82, 2.24) is 10.3 Å². The van der Waals surface area contributed by atoms with Gasteiger partial charge in [-0.05, 0) is 84.7 Å². The van der Waals surface area contributed by atoms with Crippen molar-refractivity contribution in [3.05, 3.63) is 87.9 Å². The summed E-state index contributed by atoms with van der Waals surface area (Å²) in [6.45, 7) is 5.63. The topological polar surface area (TPSA) is 109 Å². The Morgan fingerprint density at radius 1 is 0.943 bits per heavy atom. The van der Waals surface area contributed by atoms with Crippen molar-refractivity contribution in [3.63, 3.8) is 0 Å². The van der Waals surface area contributed by atoms with Crippen molar-refractivity contribution in [2.75, 3.05) is 10.6 Å². The van der Waals surface area contributed by atoms with E-state index in [2.05, 4.69) is 36.9 Å². The molecule has 3 rings (SSSR count). The Morgan fingerprint density at radius 2 is 1.60 bits per heavy atom. The van der Waals surface area contributed by atoms with Crippen molar-refractivity contribution in [2.45, 2.75) is 32.9 Å². The first kappa shape index (κ1) is 25.8. The summed E-state index contributed by atoms with van der Waals surface area (Å²) >= 11 is 3.05. The smallest absolute Gasteiger partial charge is 0.407 e. The van der Waals surface area contributed by atoms with Gasteiger partial charge in [-0.1, -0.05) is 12.1 Å². The van der Waals surface area contributed by atoms with Crippen molar-refractivity contribution < 1.29 is 23.5 Å². The zero-order valence-corrected chi connectivity index (χ0v) is 20.9. The van der Waals surface area contributed by atoms with E-state index in [0.717, 1.165) is 5.56 Å². The average molecular weight is 543 g/mol. The summed E-state index contributed by atoms with van der Waals surface area (Å²) < 4.78 is 19.1. The minimum Gasteiger partial charge on any atom is -0.444 e. The lowest BCUT2D eigenvalue weighted by Gasteiger charge is -2.19. The van der Waals surface area contributed by atoms with E-state index in [1.54, 1.807) is 51.1 Å². The molecule has 2 aromatic carbocycles. The van der Waals surface area contributed by atoms with Crippen LogP contribution in [0.15, 0.2) is 65.3 Å². The number of rotatable bonds is 6. The second-order valence-electron chi connectivity index (χ2n) is 8.52. The standard InChI is InChI=1S/C25H24BrFN4O4/c1-25(2,3)35-24(34)29-13-15-4-7-17(8-5-15)30-23(33)21-11-6-16(14-28-21)22(32)31-18-9-10-19(26)20(27)12-18/h4-12,14H,13H2,1-3H3,(H,29,34)(H,30,33)(H,31,32). The first-order valence-corrected chi connectivity index (χ1v) is 11.4. The third-order valence-corrected chi connectivity index (χ3v) is 5.13. The number of aromatic nitrogens is 1. The quantitative estimate of drug-likeness (QED) is 0.380. The van der Waals surface area contributed by atoms with Gasteiger partial charge >= 0.3 is 6.09 Å². The van der Waals surface area contributed by atoms with Crippen LogP contribution >= 0.6 is 15.9 Å². The molecule has 0 spiro atoms. The maximum Gasteiger partial charge on any atom is 0.407 e. The summed E-state index contributed by atoms with van der Waals surface area (Å²) in [6, 6.07) is 14.0. The van der Waals surface area contributed by atoms with Gasteiger partial charge in [-0.3, -0.25) is 14.6 Å². The third kappa shape index (κ3) is 7.89. The Kier molecular flexibility index (Phi) is 8.18. The molecule has 8 nitrogen and oxygen atoms in total. The van der Waals surface area contributed by atoms with Gasteiger partial charge in [-0.2, -0.15) is 0 Å². The van der Waals surface area contributed by atoms with E-state index in [1.807, 2.05) is 0 Å². The van der Waals surface area contributed by atoms with Crippen LogP contribution in [0.2, 0.25) is 0 Å². The predicted octanol–water partition coefficient (Wildman–Crippen LogP) is 5.51. The Bertz CT molecular complexity index is 1230. The van der Waals surface area contributed by atoms with Crippen LogP contribution in [0.4, 0.5) is 20.6 Å². The Hall–Kier alpha value is -3.79. The van der Waals surface area contributed by atoms with Crippen LogP contribution in [0.3, 0.4) is 0 Å². The highest BCUT2D eigenvalue weighted by atomic mass is 79.9. The number of carbonyl (C=O) groups is 3. The molecule has 3 amide bonds. The molecule has 0 saturated carbocycles. The number of carbonyl (C=O) groups excluding carboxylic acids is 3. The Balaban J connectivity index is 1.53. The van der Waals surface area contributed by atoms with Crippen LogP contribution in [0.5, 0.6) is 0 Å². The minimum atomic E-state index is -0.576. The van der Waals surface area contributed by atoms with E-state index in [-0.39, 0.29) is 17.8 Å². The number of nitrogens with zero attached hydrogens (tertiary/aromatic N) is 1. The number of ether oxygens (including phenoxy) is 1. The number of hydrogen-bond donors (Lipinski definition) is 3. The van der Waals surface area contributed by atoms with Gasteiger partial charge < -0.3 is 20.7 Å². The van der Waals surface area contributed by atoms with Gasteiger partial charge in [0.1, 0.15) is 17.1 Å². The SMILES string of the molecule is CC(C)(C)OC(=O)NCc1ccc(NC(=O)c2ccc(C(=O)Nc3ccc(Br)c(F)c3)cn2)cc1. The highest BCUT2D eigenvalue weighted by molar-refractivity contribution is 9.10. The zero-order valence-electron chi connectivity index (χ0n) is 19.3. The molecule has 0 unspecified atom stereocenters. The summed E-state index contributed by atoms with van der Waals surface area (Å²) in [5.41, 5.74) is 1.42. The summed E-state index contributed by atoms with van der Waals surface area (Å²) in [5, 5.41) is 7.96. The highest BCUT2D eigenvalue weighted by Crippen LogP contribution is 2.20. The van der Waals surface area contributed by atoms with Crippen molar-refractivity contribution in [3.8, 4) is 0 Å². The molecule has 0 atom stereocenters. The maximum atomic E-state index is 13.6. The van der Waals surface area contributed by atoms with Crippen molar-refractivity contribution in [1.29, 1.82) is 0 Å². The lowest BCUT2D eigenvalue weighted by molar-refractivity contribution is 0.0523. The van der Waals surface area contributed by atoms with Crippen molar-refractivity contribution in [2.24, 2.45) is 0 Å². The molecule has 0 radical (unpaired) electrons. The molecule has 3 N–H and O–H groups in total. The fourth-order valence-corrected chi connectivity index (χ4v) is 3.08.